The molecule has 0 saturated heterocycles. The Morgan fingerprint density at radius 1 is 1.23 bits per heavy atom. The molecular formula is C20H19ClN2O3. The Kier molecular flexibility index (Phi) is 5.58. The molecule has 26 heavy (non-hydrogen) atoms. The molecule has 134 valence electrons. The molecule has 0 spiro atoms. The molecule has 3 rings (SSSR count). The number of amides is 1. The summed E-state index contributed by atoms with van der Waals surface area (Å²) < 4.78 is 10.9. The monoisotopic (exact) mass is 370 g/mol. The summed E-state index contributed by atoms with van der Waals surface area (Å²) in [5, 5.41) is 7.39. The van der Waals surface area contributed by atoms with Gasteiger partial charge in [0.05, 0.1) is 5.56 Å². The first-order valence-corrected chi connectivity index (χ1v) is 8.69. The number of aryl methyl sites for hydroxylation is 2. The summed E-state index contributed by atoms with van der Waals surface area (Å²) in [6, 6.07) is 14.7. The van der Waals surface area contributed by atoms with Gasteiger partial charge >= 0.3 is 0 Å². The van der Waals surface area contributed by atoms with E-state index in [9.17, 15) is 4.79 Å². The Balaban J connectivity index is 1.77. The number of aromatic nitrogens is 1. The lowest BCUT2D eigenvalue weighted by molar-refractivity contribution is 0.101. The fourth-order valence-electron chi connectivity index (χ4n) is 2.58. The number of nitrogens with one attached hydrogen (secondary N) is 1. The van der Waals surface area contributed by atoms with Crippen LogP contribution in [0, 0.1) is 6.92 Å². The number of anilines is 1. The van der Waals surface area contributed by atoms with Gasteiger partial charge < -0.3 is 14.6 Å². The van der Waals surface area contributed by atoms with E-state index in [1.165, 1.54) is 0 Å². The highest BCUT2D eigenvalue weighted by atomic mass is 35.5. The minimum absolute atomic E-state index is 0.161. The van der Waals surface area contributed by atoms with E-state index in [0.717, 1.165) is 17.7 Å². The molecule has 1 aromatic heterocycles. The Bertz CT molecular complexity index is 921. The van der Waals surface area contributed by atoms with Crippen molar-refractivity contribution < 1.29 is 14.1 Å². The van der Waals surface area contributed by atoms with E-state index in [1.807, 2.05) is 31.2 Å². The van der Waals surface area contributed by atoms with E-state index >= 15 is 0 Å². The maximum Gasteiger partial charge on any atom is 0.278 e. The van der Waals surface area contributed by atoms with Crippen molar-refractivity contribution in [1.82, 2.24) is 5.16 Å². The summed E-state index contributed by atoms with van der Waals surface area (Å²) in [5.74, 6) is 0.828. The number of halogens is 1. The van der Waals surface area contributed by atoms with Crippen molar-refractivity contribution in [2.75, 3.05) is 5.32 Å². The van der Waals surface area contributed by atoms with E-state index in [1.54, 1.807) is 31.2 Å². The van der Waals surface area contributed by atoms with Crippen LogP contribution in [0.4, 0.5) is 5.69 Å². The number of carbonyl (C=O) groups is 1. The third-order valence-electron chi connectivity index (χ3n) is 4.03. The maximum atomic E-state index is 12.7. The third kappa shape index (κ3) is 4.06. The number of nitrogens with zero attached hydrogens (tertiary/aromatic N) is 1. The summed E-state index contributed by atoms with van der Waals surface area (Å²) in [7, 11) is 0. The molecular weight excluding hydrogens is 352 g/mol. The van der Waals surface area contributed by atoms with Gasteiger partial charge in [-0.05, 0) is 43.2 Å². The highest BCUT2D eigenvalue weighted by Crippen LogP contribution is 2.22. The number of ether oxygens (including phenoxy) is 1. The van der Waals surface area contributed by atoms with Crippen LogP contribution in [-0.4, -0.2) is 11.1 Å². The molecule has 1 heterocycles. The average Bonchev–Trinajstić information content (AvgIpc) is 3.01. The molecule has 0 saturated carbocycles. The molecule has 3 aromatic rings. The Morgan fingerprint density at radius 2 is 2.04 bits per heavy atom. The smallest absolute Gasteiger partial charge is 0.278 e. The van der Waals surface area contributed by atoms with Gasteiger partial charge in [-0.1, -0.05) is 47.9 Å². The second kappa shape index (κ2) is 8.06. The van der Waals surface area contributed by atoms with E-state index in [0.29, 0.717) is 22.1 Å². The molecule has 6 heteroatoms. The van der Waals surface area contributed by atoms with Gasteiger partial charge in [0, 0.05) is 10.7 Å². The average molecular weight is 371 g/mol. The maximum absolute atomic E-state index is 12.7. The van der Waals surface area contributed by atoms with Crippen LogP contribution in [0.3, 0.4) is 0 Å². The van der Waals surface area contributed by atoms with E-state index in [4.69, 9.17) is 20.9 Å². The van der Waals surface area contributed by atoms with Crippen LogP contribution in [-0.2, 0) is 13.0 Å². The topological polar surface area (TPSA) is 64.4 Å². The molecule has 0 unspecified atom stereocenters. The summed E-state index contributed by atoms with van der Waals surface area (Å²) >= 11 is 5.96. The zero-order valence-electron chi connectivity index (χ0n) is 14.6. The van der Waals surface area contributed by atoms with Crippen molar-refractivity contribution in [1.29, 1.82) is 0 Å². The molecule has 1 N–H and O–H groups in total. The largest absolute Gasteiger partial charge is 0.489 e. The van der Waals surface area contributed by atoms with Gasteiger partial charge in [0.2, 0.25) is 0 Å². The first-order chi connectivity index (χ1) is 12.6. The molecule has 0 aliphatic rings. The summed E-state index contributed by atoms with van der Waals surface area (Å²) in [6.07, 6.45) is 0.818. The lowest BCUT2D eigenvalue weighted by Gasteiger charge is -2.10. The van der Waals surface area contributed by atoms with E-state index in [2.05, 4.69) is 10.5 Å². The van der Waals surface area contributed by atoms with Crippen LogP contribution in [0.1, 0.15) is 34.3 Å². The highest BCUT2D eigenvalue weighted by molar-refractivity contribution is 6.30. The van der Waals surface area contributed by atoms with Gasteiger partial charge in [-0.2, -0.15) is 0 Å². The fourth-order valence-corrected chi connectivity index (χ4v) is 2.76. The van der Waals surface area contributed by atoms with Crippen molar-refractivity contribution in [3.63, 3.8) is 0 Å². The minimum atomic E-state index is -0.326. The van der Waals surface area contributed by atoms with Crippen molar-refractivity contribution in [2.24, 2.45) is 0 Å². The van der Waals surface area contributed by atoms with Gasteiger partial charge in [0.1, 0.15) is 18.1 Å². The van der Waals surface area contributed by atoms with Crippen LogP contribution in [0.5, 0.6) is 5.75 Å². The molecule has 5 nitrogen and oxygen atoms in total. The minimum Gasteiger partial charge on any atom is -0.489 e. The molecule has 0 atom stereocenters. The van der Waals surface area contributed by atoms with Gasteiger partial charge in [-0.25, -0.2) is 0 Å². The predicted octanol–water partition coefficient (Wildman–Crippen LogP) is 5.03. The number of benzene rings is 2. The fraction of sp³-hybridized carbons (Fsp3) is 0.200. The molecule has 0 fully saturated rings. The molecule has 2 aromatic carbocycles. The summed E-state index contributed by atoms with van der Waals surface area (Å²) in [6.45, 7) is 3.95. The highest BCUT2D eigenvalue weighted by Gasteiger charge is 2.21. The lowest BCUT2D eigenvalue weighted by atomic mass is 10.1. The number of rotatable bonds is 6. The lowest BCUT2D eigenvalue weighted by Crippen LogP contribution is -2.16. The zero-order valence-corrected chi connectivity index (χ0v) is 15.3. The van der Waals surface area contributed by atoms with Gasteiger partial charge in [0.25, 0.3) is 5.91 Å². The number of para-hydroxylation sites is 1. The zero-order chi connectivity index (χ0) is 18.5. The van der Waals surface area contributed by atoms with Crippen molar-refractivity contribution in [2.45, 2.75) is 26.9 Å². The Morgan fingerprint density at radius 3 is 2.81 bits per heavy atom. The van der Waals surface area contributed by atoms with Crippen LogP contribution < -0.4 is 10.1 Å². The number of hydrogen-bond donors (Lipinski definition) is 1. The SMILES string of the molecule is CCc1ccccc1NC(=O)c1noc(C)c1COc1cccc(Cl)c1. The molecule has 0 aliphatic carbocycles. The molecule has 0 aliphatic heterocycles. The van der Waals surface area contributed by atoms with Crippen molar-refractivity contribution in [3.8, 4) is 5.75 Å². The van der Waals surface area contributed by atoms with Crippen LogP contribution in [0.15, 0.2) is 53.1 Å². The van der Waals surface area contributed by atoms with Crippen LogP contribution in [0.2, 0.25) is 5.02 Å². The quantitative estimate of drug-likeness (QED) is 0.660. The van der Waals surface area contributed by atoms with E-state index in [-0.39, 0.29) is 18.2 Å². The summed E-state index contributed by atoms with van der Waals surface area (Å²) in [5.41, 5.74) is 2.65. The van der Waals surface area contributed by atoms with Crippen molar-refractivity contribution in [3.05, 3.63) is 76.1 Å². The Labute approximate surface area is 156 Å². The molecule has 0 bridgehead atoms. The third-order valence-corrected chi connectivity index (χ3v) is 4.26. The van der Waals surface area contributed by atoms with Gasteiger partial charge in [-0.3, -0.25) is 4.79 Å². The first kappa shape index (κ1) is 18.0. The second-order valence-electron chi connectivity index (χ2n) is 5.78. The summed E-state index contributed by atoms with van der Waals surface area (Å²) in [4.78, 5) is 12.7. The number of hydrogen-bond acceptors (Lipinski definition) is 4. The Hall–Kier alpha value is -2.79. The first-order valence-electron chi connectivity index (χ1n) is 8.31. The van der Waals surface area contributed by atoms with E-state index < -0.39 is 0 Å². The van der Waals surface area contributed by atoms with Crippen molar-refractivity contribution >= 4 is 23.2 Å². The van der Waals surface area contributed by atoms with Gasteiger partial charge in [0.15, 0.2) is 5.69 Å². The molecule has 0 radical (unpaired) electrons. The van der Waals surface area contributed by atoms with Crippen LogP contribution in [0.25, 0.3) is 0 Å². The standard InChI is InChI=1S/C20H19ClN2O3/c1-3-14-7-4-5-10-18(14)22-20(24)19-17(13(2)26-23-19)12-25-16-9-6-8-15(21)11-16/h4-11H,3,12H2,1-2H3,(H,22,24). The second-order valence-corrected chi connectivity index (χ2v) is 6.21. The normalized spacial score (nSPS) is 10.6. The van der Waals surface area contributed by atoms with Gasteiger partial charge in [-0.15, -0.1) is 0 Å². The molecule has 1 amide bonds. The number of carbonyl (C=O) groups excluding carboxylic acids is 1. The van der Waals surface area contributed by atoms with Crippen LogP contribution >= 0.6 is 11.6 Å². The predicted molar refractivity (Wildman–Crippen MR) is 101 cm³/mol.